The summed E-state index contributed by atoms with van der Waals surface area (Å²) in [6.07, 6.45) is 6.52. The van der Waals surface area contributed by atoms with Crippen molar-refractivity contribution in [3.05, 3.63) is 40.5 Å². The molecular formula is C31H45FN4O4S. The molecule has 1 aromatic heterocycles. The molecule has 1 aliphatic heterocycles. The second-order valence-electron chi connectivity index (χ2n) is 12.7. The summed E-state index contributed by atoms with van der Waals surface area (Å²) in [7, 11) is -3.47. The molecule has 1 amide bonds. The van der Waals surface area contributed by atoms with Crippen molar-refractivity contribution >= 4 is 21.4 Å². The molecule has 226 valence electrons. The summed E-state index contributed by atoms with van der Waals surface area (Å²) in [6.45, 7) is 11.9. The van der Waals surface area contributed by atoms with Gasteiger partial charge in [-0.2, -0.15) is 0 Å². The number of likely N-dealkylation sites (N-methyl/N-ethyl adjacent to an activating group) is 1. The molecule has 3 N–H and O–H groups in total. The third-order valence-electron chi connectivity index (χ3n) is 9.07. The van der Waals surface area contributed by atoms with Crippen molar-refractivity contribution in [3.8, 4) is 5.69 Å². The first-order chi connectivity index (χ1) is 19.4. The SMILES string of the molecule is CCN(CC)CCO[C@H]1CC[C@H](Nc2cc(-n3c4c(c5c3CC(C)(C)CS5(=O)=O)CCC4)cc(F)c2C(N)=O)CC1. The van der Waals surface area contributed by atoms with Crippen LogP contribution in [-0.2, 0) is 33.8 Å². The number of hydrogen-bond donors (Lipinski definition) is 2. The molecule has 0 saturated heterocycles. The first kappa shape index (κ1) is 30.0. The lowest BCUT2D eigenvalue weighted by atomic mass is 9.89. The van der Waals surface area contributed by atoms with Gasteiger partial charge in [-0.25, -0.2) is 12.8 Å². The van der Waals surface area contributed by atoms with E-state index in [9.17, 15) is 13.2 Å². The molecule has 1 fully saturated rings. The zero-order valence-corrected chi connectivity index (χ0v) is 25.7. The van der Waals surface area contributed by atoms with E-state index in [1.807, 2.05) is 18.4 Å². The topological polar surface area (TPSA) is 107 Å². The minimum Gasteiger partial charge on any atom is -0.382 e. The van der Waals surface area contributed by atoms with Crippen LogP contribution in [0.25, 0.3) is 5.69 Å². The van der Waals surface area contributed by atoms with E-state index in [0.29, 0.717) is 35.7 Å². The maximum atomic E-state index is 15.6. The molecule has 8 nitrogen and oxygen atoms in total. The predicted molar refractivity (Wildman–Crippen MR) is 159 cm³/mol. The second kappa shape index (κ2) is 11.7. The van der Waals surface area contributed by atoms with Crippen LogP contribution < -0.4 is 11.1 Å². The van der Waals surface area contributed by atoms with Crippen molar-refractivity contribution in [1.82, 2.24) is 9.47 Å². The Labute approximate surface area is 243 Å². The van der Waals surface area contributed by atoms with Crippen LogP contribution in [0.15, 0.2) is 17.0 Å². The first-order valence-electron chi connectivity index (χ1n) is 15.2. The van der Waals surface area contributed by atoms with Crippen LogP contribution in [0.4, 0.5) is 10.1 Å². The molecule has 3 aliphatic rings. The summed E-state index contributed by atoms with van der Waals surface area (Å²) in [4.78, 5) is 15.2. The number of hydrogen-bond acceptors (Lipinski definition) is 6. The van der Waals surface area contributed by atoms with E-state index in [1.54, 1.807) is 6.07 Å². The van der Waals surface area contributed by atoms with Gasteiger partial charge in [0.25, 0.3) is 5.91 Å². The summed E-state index contributed by atoms with van der Waals surface area (Å²) in [6, 6.07) is 3.16. The number of ether oxygens (including phenoxy) is 1. The Morgan fingerprint density at radius 2 is 1.85 bits per heavy atom. The molecule has 0 unspecified atom stereocenters. The van der Waals surface area contributed by atoms with Gasteiger partial charge in [-0.15, -0.1) is 0 Å². The fourth-order valence-electron chi connectivity index (χ4n) is 7.15. The van der Waals surface area contributed by atoms with Crippen molar-refractivity contribution < 1.29 is 22.3 Å². The largest absolute Gasteiger partial charge is 0.382 e. The minimum absolute atomic E-state index is 0.0500. The van der Waals surface area contributed by atoms with E-state index in [2.05, 4.69) is 24.1 Å². The molecule has 5 rings (SSSR count). The van der Waals surface area contributed by atoms with E-state index >= 15 is 4.39 Å². The third kappa shape index (κ3) is 6.06. The molecule has 0 bridgehead atoms. The molecule has 41 heavy (non-hydrogen) atoms. The summed E-state index contributed by atoms with van der Waals surface area (Å²) in [5.41, 5.74) is 8.52. The number of carbonyl (C=O) groups excluding carboxylic acids is 1. The summed E-state index contributed by atoms with van der Waals surface area (Å²) in [5.74, 6) is -1.42. The van der Waals surface area contributed by atoms with Crippen LogP contribution in [0.2, 0.25) is 0 Å². The number of aromatic nitrogens is 1. The van der Waals surface area contributed by atoms with Crippen molar-refractivity contribution in [3.63, 3.8) is 0 Å². The van der Waals surface area contributed by atoms with Crippen LogP contribution in [0.5, 0.6) is 0 Å². The van der Waals surface area contributed by atoms with Crippen molar-refractivity contribution in [2.45, 2.75) is 96.1 Å². The molecule has 1 aromatic carbocycles. The lowest BCUT2D eigenvalue weighted by molar-refractivity contribution is 0.0156. The molecular weight excluding hydrogens is 543 g/mol. The average Bonchev–Trinajstić information content (AvgIpc) is 3.46. The first-order valence-corrected chi connectivity index (χ1v) is 16.8. The lowest BCUT2D eigenvalue weighted by Gasteiger charge is -2.32. The maximum Gasteiger partial charge on any atom is 0.253 e. The van der Waals surface area contributed by atoms with Crippen LogP contribution in [0.3, 0.4) is 0 Å². The summed E-state index contributed by atoms with van der Waals surface area (Å²) in [5, 5.41) is 3.43. The Morgan fingerprint density at radius 1 is 1.15 bits per heavy atom. The minimum atomic E-state index is -3.47. The van der Waals surface area contributed by atoms with Gasteiger partial charge in [-0.3, -0.25) is 4.79 Å². The van der Waals surface area contributed by atoms with Gasteiger partial charge < -0.3 is 25.3 Å². The Kier molecular flexibility index (Phi) is 8.56. The summed E-state index contributed by atoms with van der Waals surface area (Å²) < 4.78 is 50.5. The highest BCUT2D eigenvalue weighted by molar-refractivity contribution is 7.91. The van der Waals surface area contributed by atoms with E-state index in [4.69, 9.17) is 10.5 Å². The molecule has 10 heteroatoms. The van der Waals surface area contributed by atoms with Gasteiger partial charge in [0.2, 0.25) is 0 Å². The zero-order chi connectivity index (χ0) is 29.5. The number of carbonyl (C=O) groups is 1. The number of primary amides is 1. The molecule has 2 aromatic rings. The number of amides is 1. The number of sulfone groups is 1. The van der Waals surface area contributed by atoms with Gasteiger partial charge in [-0.1, -0.05) is 27.7 Å². The predicted octanol–water partition coefficient (Wildman–Crippen LogP) is 4.64. The summed E-state index contributed by atoms with van der Waals surface area (Å²) >= 11 is 0. The highest BCUT2D eigenvalue weighted by atomic mass is 32.2. The number of fused-ring (bicyclic) bond motifs is 3. The Balaban J connectivity index is 1.42. The number of nitrogens with two attached hydrogens (primary N) is 1. The van der Waals surface area contributed by atoms with Gasteiger partial charge in [-0.05, 0) is 87.6 Å². The molecule has 0 atom stereocenters. The fourth-order valence-corrected chi connectivity index (χ4v) is 9.55. The molecule has 1 saturated carbocycles. The second-order valence-corrected chi connectivity index (χ2v) is 14.6. The van der Waals surface area contributed by atoms with Gasteiger partial charge in [0.1, 0.15) is 5.82 Å². The van der Waals surface area contributed by atoms with Crippen molar-refractivity contribution in [2.75, 3.05) is 37.3 Å². The number of nitrogens with zero attached hydrogens (tertiary/aromatic N) is 2. The van der Waals surface area contributed by atoms with E-state index in [-0.39, 0.29) is 23.5 Å². The van der Waals surface area contributed by atoms with Crippen LogP contribution >= 0.6 is 0 Å². The highest BCUT2D eigenvalue weighted by Crippen LogP contribution is 2.45. The van der Waals surface area contributed by atoms with E-state index < -0.39 is 27.0 Å². The fraction of sp³-hybridized carbons (Fsp3) is 0.645. The van der Waals surface area contributed by atoms with Crippen molar-refractivity contribution in [2.24, 2.45) is 11.1 Å². The van der Waals surface area contributed by atoms with Gasteiger partial charge in [0, 0.05) is 24.0 Å². The molecule has 0 spiro atoms. The average molecular weight is 589 g/mol. The highest BCUT2D eigenvalue weighted by Gasteiger charge is 2.42. The Morgan fingerprint density at radius 3 is 2.51 bits per heavy atom. The smallest absolute Gasteiger partial charge is 0.253 e. The quantitative estimate of drug-likeness (QED) is 0.419. The van der Waals surface area contributed by atoms with Crippen LogP contribution in [0, 0.1) is 11.2 Å². The van der Waals surface area contributed by atoms with E-state index in [0.717, 1.165) is 75.1 Å². The standard InChI is InChI=1S/C31H45FN4O4S/c1-5-35(6-2)14-15-40-22-12-10-20(11-13-22)34-25-17-21(16-24(32)28(25)30(33)37)36-26-9-7-8-23(26)29-27(36)18-31(3,4)19-41(29,38)39/h16-17,20,22,34H,5-15,18-19H2,1-4H3,(H2,33,37)/t20-,22-. The van der Waals surface area contributed by atoms with Gasteiger partial charge >= 0.3 is 0 Å². The number of benzene rings is 1. The molecule has 2 heterocycles. The number of rotatable bonds is 10. The van der Waals surface area contributed by atoms with Gasteiger partial charge in [0.15, 0.2) is 9.84 Å². The normalized spacial score (nSPS) is 22.9. The number of halogens is 1. The third-order valence-corrected chi connectivity index (χ3v) is 11.3. The van der Waals surface area contributed by atoms with Gasteiger partial charge in [0.05, 0.1) is 40.3 Å². The Hall–Kier alpha value is -2.43. The van der Waals surface area contributed by atoms with Crippen LogP contribution in [-0.4, -0.2) is 67.9 Å². The molecule has 0 radical (unpaired) electrons. The number of nitrogens with one attached hydrogen (secondary N) is 1. The molecule has 2 aliphatic carbocycles. The zero-order valence-electron chi connectivity index (χ0n) is 24.9. The van der Waals surface area contributed by atoms with E-state index in [1.165, 1.54) is 6.07 Å². The Bertz CT molecular complexity index is 1410. The maximum absolute atomic E-state index is 15.6. The lowest BCUT2D eigenvalue weighted by Crippen LogP contribution is -2.33. The monoisotopic (exact) mass is 588 g/mol. The van der Waals surface area contributed by atoms with Crippen LogP contribution in [0.1, 0.15) is 87.1 Å². The number of anilines is 1. The van der Waals surface area contributed by atoms with Crippen molar-refractivity contribution in [1.29, 1.82) is 0 Å².